The summed E-state index contributed by atoms with van der Waals surface area (Å²) in [6.45, 7) is 3.21. The number of hydrogen-bond acceptors (Lipinski definition) is 3. The van der Waals surface area contributed by atoms with Crippen molar-refractivity contribution in [2.75, 3.05) is 0 Å². The molecule has 0 heterocycles. The van der Waals surface area contributed by atoms with Gasteiger partial charge in [-0.2, -0.15) is 5.26 Å². The average Bonchev–Trinajstić information content (AvgIpc) is 2.14. The maximum atomic E-state index is 10.7. The van der Waals surface area contributed by atoms with E-state index in [-0.39, 0.29) is 0 Å². The number of rotatable bonds is 2. The molecule has 0 N–H and O–H groups in total. The number of hydrogen-bond donors (Lipinski definition) is 0. The molecule has 14 heavy (non-hydrogen) atoms. The van der Waals surface area contributed by atoms with Gasteiger partial charge < -0.3 is 4.74 Å². The molecular formula is C11H11NO2. The van der Waals surface area contributed by atoms with E-state index in [1.54, 1.807) is 6.07 Å². The van der Waals surface area contributed by atoms with Crippen molar-refractivity contribution in [1.29, 1.82) is 5.26 Å². The van der Waals surface area contributed by atoms with Gasteiger partial charge in [-0.25, -0.2) is 0 Å². The summed E-state index contributed by atoms with van der Waals surface area (Å²) in [5.41, 5.74) is 1.75. The van der Waals surface area contributed by atoms with Gasteiger partial charge in [0, 0.05) is 12.5 Å². The van der Waals surface area contributed by atoms with Crippen LogP contribution in [0.5, 0.6) is 0 Å². The zero-order valence-corrected chi connectivity index (χ0v) is 8.15. The van der Waals surface area contributed by atoms with E-state index < -0.39 is 12.1 Å². The van der Waals surface area contributed by atoms with E-state index in [1.807, 2.05) is 31.2 Å². The van der Waals surface area contributed by atoms with Gasteiger partial charge in [-0.3, -0.25) is 4.79 Å². The Labute approximate surface area is 82.9 Å². The van der Waals surface area contributed by atoms with Gasteiger partial charge in [0.25, 0.3) is 0 Å². The Balaban J connectivity index is 2.90. The second-order valence-electron chi connectivity index (χ2n) is 3.03. The van der Waals surface area contributed by atoms with Crippen molar-refractivity contribution in [3.8, 4) is 6.07 Å². The van der Waals surface area contributed by atoms with Crippen molar-refractivity contribution in [3.05, 3.63) is 35.4 Å². The molecule has 0 aliphatic rings. The maximum absolute atomic E-state index is 10.7. The fourth-order valence-electron chi connectivity index (χ4n) is 1.17. The zero-order chi connectivity index (χ0) is 10.6. The monoisotopic (exact) mass is 189 g/mol. The lowest BCUT2D eigenvalue weighted by Crippen LogP contribution is -2.06. The highest BCUT2D eigenvalue weighted by atomic mass is 16.5. The molecule has 0 spiro atoms. The Morgan fingerprint density at radius 2 is 2.29 bits per heavy atom. The first kappa shape index (κ1) is 10.3. The number of benzene rings is 1. The van der Waals surface area contributed by atoms with Crippen molar-refractivity contribution in [2.45, 2.75) is 20.0 Å². The standard InChI is InChI=1S/C11H11NO2/c1-8-4-3-5-10(6-8)11(7-12)14-9(2)13/h3-6,11H,1-2H3. The molecule has 0 saturated carbocycles. The van der Waals surface area contributed by atoms with Crippen molar-refractivity contribution in [3.63, 3.8) is 0 Å². The van der Waals surface area contributed by atoms with Crippen molar-refractivity contribution >= 4 is 5.97 Å². The largest absolute Gasteiger partial charge is 0.442 e. The predicted octanol–water partition coefficient (Wildman–Crippen LogP) is 2.12. The van der Waals surface area contributed by atoms with Gasteiger partial charge in [-0.05, 0) is 6.92 Å². The molecule has 1 unspecified atom stereocenters. The number of ether oxygens (including phenoxy) is 1. The minimum atomic E-state index is -0.799. The van der Waals surface area contributed by atoms with Crippen LogP contribution in [-0.4, -0.2) is 5.97 Å². The first-order chi connectivity index (χ1) is 6.63. The summed E-state index contributed by atoms with van der Waals surface area (Å²) in [5.74, 6) is -0.446. The number of esters is 1. The minimum Gasteiger partial charge on any atom is -0.442 e. The van der Waals surface area contributed by atoms with E-state index in [9.17, 15) is 4.79 Å². The van der Waals surface area contributed by atoms with Gasteiger partial charge in [0.15, 0.2) is 0 Å². The second kappa shape index (κ2) is 4.43. The molecule has 0 saturated heterocycles. The highest BCUT2D eigenvalue weighted by molar-refractivity contribution is 5.66. The molecule has 0 aliphatic carbocycles. The molecule has 3 nitrogen and oxygen atoms in total. The number of nitriles is 1. The molecule has 0 radical (unpaired) electrons. The van der Waals surface area contributed by atoms with E-state index in [1.165, 1.54) is 6.92 Å². The van der Waals surface area contributed by atoms with Crippen LogP contribution in [0.4, 0.5) is 0 Å². The van der Waals surface area contributed by atoms with Gasteiger partial charge in [-0.1, -0.05) is 29.8 Å². The summed E-state index contributed by atoms with van der Waals surface area (Å²) in [5, 5.41) is 8.79. The van der Waals surface area contributed by atoms with Crippen LogP contribution in [0.1, 0.15) is 24.2 Å². The molecule has 1 aromatic carbocycles. The summed E-state index contributed by atoms with van der Waals surface area (Å²) in [6.07, 6.45) is -0.799. The van der Waals surface area contributed by atoms with Gasteiger partial charge in [0.2, 0.25) is 6.10 Å². The SMILES string of the molecule is CC(=O)OC(C#N)c1cccc(C)c1. The lowest BCUT2D eigenvalue weighted by molar-refractivity contribution is -0.144. The van der Waals surface area contributed by atoms with Crippen LogP contribution in [0.3, 0.4) is 0 Å². The van der Waals surface area contributed by atoms with E-state index in [2.05, 4.69) is 0 Å². The number of carbonyl (C=O) groups excluding carboxylic acids is 1. The minimum absolute atomic E-state index is 0.446. The topological polar surface area (TPSA) is 50.1 Å². The smallest absolute Gasteiger partial charge is 0.304 e. The fourth-order valence-corrected chi connectivity index (χ4v) is 1.17. The van der Waals surface area contributed by atoms with Crippen molar-refractivity contribution in [2.24, 2.45) is 0 Å². The van der Waals surface area contributed by atoms with E-state index >= 15 is 0 Å². The zero-order valence-electron chi connectivity index (χ0n) is 8.15. The number of carbonyl (C=O) groups is 1. The summed E-state index contributed by atoms with van der Waals surface area (Å²) in [4.78, 5) is 10.7. The van der Waals surface area contributed by atoms with Crippen LogP contribution in [0.25, 0.3) is 0 Å². The molecule has 0 bridgehead atoms. The van der Waals surface area contributed by atoms with Crippen molar-refractivity contribution in [1.82, 2.24) is 0 Å². The highest BCUT2D eigenvalue weighted by Gasteiger charge is 2.12. The molecule has 0 amide bonds. The number of nitrogens with zero attached hydrogens (tertiary/aromatic N) is 1. The van der Waals surface area contributed by atoms with Gasteiger partial charge in [0.1, 0.15) is 6.07 Å². The first-order valence-electron chi connectivity index (χ1n) is 4.27. The Morgan fingerprint density at radius 3 is 2.79 bits per heavy atom. The molecule has 1 atom stereocenters. The van der Waals surface area contributed by atoms with Crippen LogP contribution >= 0.6 is 0 Å². The molecule has 1 aromatic rings. The average molecular weight is 189 g/mol. The van der Waals surface area contributed by atoms with Crippen LogP contribution in [0, 0.1) is 18.3 Å². The van der Waals surface area contributed by atoms with Gasteiger partial charge in [-0.15, -0.1) is 0 Å². The van der Waals surface area contributed by atoms with Gasteiger partial charge in [0.05, 0.1) is 0 Å². The molecule has 0 aromatic heterocycles. The summed E-state index contributed by atoms with van der Waals surface area (Å²) >= 11 is 0. The maximum Gasteiger partial charge on any atom is 0.304 e. The molecule has 0 fully saturated rings. The second-order valence-corrected chi connectivity index (χ2v) is 3.03. The third-order valence-electron chi connectivity index (χ3n) is 1.75. The molecule has 1 rings (SSSR count). The fraction of sp³-hybridized carbons (Fsp3) is 0.273. The predicted molar refractivity (Wildman–Crippen MR) is 51.3 cm³/mol. The lowest BCUT2D eigenvalue weighted by atomic mass is 10.1. The van der Waals surface area contributed by atoms with Crippen LogP contribution in [-0.2, 0) is 9.53 Å². The summed E-state index contributed by atoms with van der Waals surface area (Å²) in [7, 11) is 0. The van der Waals surface area contributed by atoms with Crippen molar-refractivity contribution < 1.29 is 9.53 Å². The summed E-state index contributed by atoms with van der Waals surface area (Å²) in [6, 6.07) is 9.29. The van der Waals surface area contributed by atoms with Gasteiger partial charge >= 0.3 is 5.97 Å². The Kier molecular flexibility index (Phi) is 3.24. The normalized spacial score (nSPS) is 11.5. The van der Waals surface area contributed by atoms with E-state index in [0.717, 1.165) is 5.56 Å². The Bertz CT molecular complexity index is 379. The van der Waals surface area contributed by atoms with E-state index in [4.69, 9.17) is 10.00 Å². The highest BCUT2D eigenvalue weighted by Crippen LogP contribution is 2.17. The molecule has 0 aliphatic heterocycles. The molecule has 3 heteroatoms. The Morgan fingerprint density at radius 1 is 1.57 bits per heavy atom. The Hall–Kier alpha value is -1.82. The molecule has 72 valence electrons. The third kappa shape index (κ3) is 2.60. The van der Waals surface area contributed by atoms with Crippen LogP contribution < -0.4 is 0 Å². The van der Waals surface area contributed by atoms with Crippen LogP contribution in [0.2, 0.25) is 0 Å². The number of aryl methyl sites for hydroxylation is 1. The molecular weight excluding hydrogens is 178 g/mol. The lowest BCUT2D eigenvalue weighted by Gasteiger charge is -2.09. The first-order valence-corrected chi connectivity index (χ1v) is 4.27. The summed E-state index contributed by atoms with van der Waals surface area (Å²) < 4.78 is 4.84. The quantitative estimate of drug-likeness (QED) is 0.669. The van der Waals surface area contributed by atoms with E-state index in [0.29, 0.717) is 5.56 Å². The van der Waals surface area contributed by atoms with Crippen LogP contribution in [0.15, 0.2) is 24.3 Å². The third-order valence-corrected chi connectivity index (χ3v) is 1.75.